The highest BCUT2D eigenvalue weighted by molar-refractivity contribution is 5.78. The third-order valence-electron chi connectivity index (χ3n) is 3.83. The summed E-state index contributed by atoms with van der Waals surface area (Å²) in [6.07, 6.45) is 12.2. The molecule has 0 heterocycles. The fourth-order valence-corrected chi connectivity index (χ4v) is 2.50. The van der Waals surface area contributed by atoms with E-state index in [2.05, 4.69) is 26.5 Å². The van der Waals surface area contributed by atoms with Crippen LogP contribution in [-0.4, -0.2) is 16.2 Å². The van der Waals surface area contributed by atoms with Gasteiger partial charge in [-0.2, -0.15) is 0 Å². The Morgan fingerprint density at radius 3 is 2.17 bits per heavy atom. The van der Waals surface area contributed by atoms with Gasteiger partial charge < -0.3 is 10.2 Å². The number of aromatic hydroxyl groups is 1. The van der Waals surface area contributed by atoms with Crippen molar-refractivity contribution in [1.29, 1.82) is 0 Å². The van der Waals surface area contributed by atoms with Crippen molar-refractivity contribution in [3.05, 3.63) is 42.0 Å². The topological polar surface area (TPSA) is 57.5 Å². The van der Waals surface area contributed by atoms with Crippen molar-refractivity contribution in [2.45, 2.75) is 71.6 Å². The van der Waals surface area contributed by atoms with E-state index >= 15 is 0 Å². The molecule has 0 atom stereocenters. The first kappa shape index (κ1) is 21.2. The Labute approximate surface area is 141 Å². The molecular weight excluding hydrogens is 288 g/mol. The third-order valence-corrected chi connectivity index (χ3v) is 3.83. The van der Waals surface area contributed by atoms with Gasteiger partial charge in [-0.05, 0) is 36.5 Å². The van der Waals surface area contributed by atoms with Gasteiger partial charge >= 0.3 is 5.97 Å². The Hall–Kier alpha value is -1.77. The van der Waals surface area contributed by atoms with Crippen molar-refractivity contribution in [2.24, 2.45) is 0 Å². The number of phenolic OH excluding ortho intramolecular Hbond substituents is 1. The first-order valence-corrected chi connectivity index (χ1v) is 8.71. The first-order valence-electron chi connectivity index (χ1n) is 8.71. The fourth-order valence-electron chi connectivity index (χ4n) is 2.50. The van der Waals surface area contributed by atoms with Gasteiger partial charge in [-0.3, -0.25) is 0 Å². The number of carbonyl (C=O) groups is 1. The van der Waals surface area contributed by atoms with Gasteiger partial charge in [-0.1, -0.05) is 71.1 Å². The molecule has 1 rings (SSSR count). The van der Waals surface area contributed by atoms with Crippen molar-refractivity contribution in [3.63, 3.8) is 0 Å². The number of aryl methyl sites for hydroxylation is 1. The van der Waals surface area contributed by atoms with Crippen LogP contribution >= 0.6 is 0 Å². The van der Waals surface area contributed by atoms with Crippen LogP contribution in [0, 0.1) is 0 Å². The molecule has 0 aliphatic carbocycles. The van der Waals surface area contributed by atoms with Crippen LogP contribution in [0.5, 0.6) is 5.75 Å². The lowest BCUT2D eigenvalue weighted by molar-refractivity contribution is -0.131. The molecular formula is C20H32O3. The standard InChI is InChI=1S/C17H28O.C3H4O2/c1-3-5-6-7-8-9-10-13-16-15(4-2)12-11-14-17(16)18;1-2-3(4)5/h11-12,14,18H,3-10,13H2,1-2H3;2H,1H2,(H,4,5). The van der Waals surface area contributed by atoms with Gasteiger partial charge in [0.2, 0.25) is 0 Å². The highest BCUT2D eigenvalue weighted by atomic mass is 16.4. The molecule has 0 unspecified atom stereocenters. The average molecular weight is 320 g/mol. The molecule has 2 N–H and O–H groups in total. The summed E-state index contributed by atoms with van der Waals surface area (Å²) in [6.45, 7) is 7.37. The van der Waals surface area contributed by atoms with Crippen molar-refractivity contribution in [2.75, 3.05) is 0 Å². The molecule has 1 aromatic rings. The molecule has 0 aliphatic rings. The van der Waals surface area contributed by atoms with Crippen LogP contribution < -0.4 is 0 Å². The minimum Gasteiger partial charge on any atom is -0.508 e. The van der Waals surface area contributed by atoms with Gasteiger partial charge in [-0.15, -0.1) is 0 Å². The van der Waals surface area contributed by atoms with Crippen molar-refractivity contribution in [1.82, 2.24) is 0 Å². The molecule has 0 aliphatic heterocycles. The summed E-state index contributed by atoms with van der Waals surface area (Å²) < 4.78 is 0. The fraction of sp³-hybridized carbons (Fsp3) is 0.550. The van der Waals surface area contributed by atoms with E-state index in [4.69, 9.17) is 5.11 Å². The van der Waals surface area contributed by atoms with Gasteiger partial charge in [-0.25, -0.2) is 4.79 Å². The second-order valence-electron chi connectivity index (χ2n) is 5.68. The van der Waals surface area contributed by atoms with Crippen molar-refractivity contribution >= 4 is 5.97 Å². The molecule has 130 valence electrons. The van der Waals surface area contributed by atoms with Crippen molar-refractivity contribution < 1.29 is 15.0 Å². The summed E-state index contributed by atoms with van der Waals surface area (Å²) in [5.74, 6) is -0.495. The van der Waals surface area contributed by atoms with Crippen LogP contribution in [0.4, 0.5) is 0 Å². The van der Waals surface area contributed by atoms with Crippen LogP contribution in [-0.2, 0) is 17.6 Å². The van der Waals surface area contributed by atoms with Crippen LogP contribution in [0.1, 0.15) is 69.9 Å². The maximum atomic E-state index is 9.90. The maximum Gasteiger partial charge on any atom is 0.327 e. The lowest BCUT2D eigenvalue weighted by Gasteiger charge is -2.09. The summed E-state index contributed by atoms with van der Waals surface area (Å²) >= 11 is 0. The number of carboxylic acids is 1. The van der Waals surface area contributed by atoms with Gasteiger partial charge in [0.25, 0.3) is 0 Å². The predicted octanol–water partition coefficient (Wildman–Crippen LogP) is 5.50. The van der Waals surface area contributed by atoms with Gasteiger partial charge in [0.1, 0.15) is 5.75 Å². The zero-order valence-electron chi connectivity index (χ0n) is 14.7. The Morgan fingerprint density at radius 2 is 1.65 bits per heavy atom. The minimum absolute atomic E-state index is 0.486. The molecule has 3 nitrogen and oxygen atoms in total. The molecule has 23 heavy (non-hydrogen) atoms. The average Bonchev–Trinajstić information content (AvgIpc) is 2.55. The van der Waals surface area contributed by atoms with Gasteiger partial charge in [0.15, 0.2) is 0 Å². The number of phenols is 1. The molecule has 0 saturated carbocycles. The Morgan fingerprint density at radius 1 is 1.09 bits per heavy atom. The van der Waals surface area contributed by atoms with Crippen LogP contribution in [0.15, 0.2) is 30.9 Å². The van der Waals surface area contributed by atoms with E-state index in [1.54, 1.807) is 0 Å². The summed E-state index contributed by atoms with van der Waals surface area (Å²) in [6, 6.07) is 5.90. The van der Waals surface area contributed by atoms with Gasteiger partial charge in [0, 0.05) is 6.08 Å². The summed E-state index contributed by atoms with van der Waals surface area (Å²) in [5.41, 5.74) is 2.48. The van der Waals surface area contributed by atoms with Crippen molar-refractivity contribution in [3.8, 4) is 5.75 Å². The molecule has 0 bridgehead atoms. The van der Waals surface area contributed by atoms with E-state index in [-0.39, 0.29) is 0 Å². The first-order chi connectivity index (χ1) is 11.1. The van der Waals surface area contributed by atoms with Crippen LogP contribution in [0.25, 0.3) is 0 Å². The van der Waals surface area contributed by atoms with Gasteiger partial charge in [0.05, 0.1) is 0 Å². The van der Waals surface area contributed by atoms with E-state index in [0.29, 0.717) is 5.75 Å². The molecule has 0 saturated heterocycles. The van der Waals surface area contributed by atoms with E-state index in [0.717, 1.165) is 18.9 Å². The quantitative estimate of drug-likeness (QED) is 0.442. The van der Waals surface area contributed by atoms with Crippen LogP contribution in [0.3, 0.4) is 0 Å². The molecule has 0 fully saturated rings. The maximum absolute atomic E-state index is 9.90. The van der Waals surface area contributed by atoms with E-state index in [9.17, 15) is 9.90 Å². The second kappa shape index (κ2) is 13.9. The number of aliphatic carboxylic acids is 1. The predicted molar refractivity (Wildman–Crippen MR) is 97.0 cm³/mol. The zero-order valence-corrected chi connectivity index (χ0v) is 14.7. The summed E-state index contributed by atoms with van der Waals surface area (Å²) in [5, 5.41) is 17.5. The smallest absolute Gasteiger partial charge is 0.327 e. The van der Waals surface area contributed by atoms with E-state index in [1.165, 1.54) is 56.1 Å². The summed E-state index contributed by atoms with van der Waals surface area (Å²) in [4.78, 5) is 9.25. The molecule has 0 spiro atoms. The minimum atomic E-state index is -0.981. The largest absolute Gasteiger partial charge is 0.508 e. The number of benzene rings is 1. The lowest BCUT2D eigenvalue weighted by atomic mass is 9.98. The third kappa shape index (κ3) is 10.6. The highest BCUT2D eigenvalue weighted by Gasteiger charge is 2.05. The Bertz CT molecular complexity index is 452. The van der Waals surface area contributed by atoms with E-state index < -0.39 is 5.97 Å². The van der Waals surface area contributed by atoms with E-state index in [1.807, 2.05) is 12.1 Å². The molecule has 3 heteroatoms. The molecule has 0 amide bonds. The number of hydrogen-bond donors (Lipinski definition) is 2. The lowest BCUT2D eigenvalue weighted by Crippen LogP contribution is -1.94. The molecule has 0 aromatic heterocycles. The molecule has 0 radical (unpaired) electrons. The monoisotopic (exact) mass is 320 g/mol. The number of unbranched alkanes of at least 4 members (excludes halogenated alkanes) is 6. The second-order valence-corrected chi connectivity index (χ2v) is 5.68. The number of hydrogen-bond acceptors (Lipinski definition) is 2. The Kier molecular flexibility index (Phi) is 12.8. The molecule has 1 aromatic carbocycles. The normalized spacial score (nSPS) is 9.83. The number of rotatable bonds is 10. The number of carboxylic acid groups (broad SMARTS) is 1. The zero-order chi connectivity index (χ0) is 17.5. The summed E-state index contributed by atoms with van der Waals surface area (Å²) in [7, 11) is 0. The SMILES string of the molecule is C=CC(=O)O.CCCCCCCCCc1c(O)cccc1CC. The van der Waals surface area contributed by atoms with Crippen LogP contribution in [0.2, 0.25) is 0 Å². The Balaban J connectivity index is 0.000000841. The highest BCUT2D eigenvalue weighted by Crippen LogP contribution is 2.24.